The first kappa shape index (κ1) is 12.5. The summed E-state index contributed by atoms with van der Waals surface area (Å²) in [5, 5.41) is 3.40. The molecule has 1 unspecified atom stereocenters. The van der Waals surface area contributed by atoms with E-state index in [4.69, 9.17) is 0 Å². The van der Waals surface area contributed by atoms with Crippen LogP contribution in [0.25, 0.3) is 11.0 Å². The lowest BCUT2D eigenvalue weighted by atomic mass is 9.94. The molecule has 2 N–H and O–H groups in total. The molecule has 1 atom stereocenters. The number of aromatic nitrogens is 2. The van der Waals surface area contributed by atoms with Crippen LogP contribution in [0.15, 0.2) is 36.4 Å². The lowest BCUT2D eigenvalue weighted by Crippen LogP contribution is -2.31. The lowest BCUT2D eigenvalue weighted by molar-refractivity contribution is 0.510. The Labute approximate surface area is 120 Å². The van der Waals surface area contributed by atoms with E-state index in [0.29, 0.717) is 16.9 Å². The maximum absolute atomic E-state index is 13.3. The number of rotatable bonds is 1. The molecule has 0 spiro atoms. The molecule has 1 aliphatic heterocycles. The summed E-state index contributed by atoms with van der Waals surface area (Å²) in [4.78, 5) is 7.51. The minimum absolute atomic E-state index is 0.0755. The number of halogens is 2. The predicted molar refractivity (Wildman–Crippen MR) is 76.0 cm³/mol. The van der Waals surface area contributed by atoms with E-state index < -0.39 is 11.6 Å². The Morgan fingerprint density at radius 1 is 1.10 bits per heavy atom. The minimum atomic E-state index is -0.877. The highest BCUT2D eigenvalue weighted by molar-refractivity contribution is 5.75. The summed E-state index contributed by atoms with van der Waals surface area (Å²) in [6.45, 7) is 0.849. The first-order valence-corrected chi connectivity index (χ1v) is 6.88. The van der Waals surface area contributed by atoms with Crippen molar-refractivity contribution in [3.63, 3.8) is 0 Å². The van der Waals surface area contributed by atoms with E-state index in [1.807, 2.05) is 12.1 Å². The number of H-pyrrole nitrogens is 1. The third kappa shape index (κ3) is 2.01. The van der Waals surface area contributed by atoms with Crippen molar-refractivity contribution in [1.82, 2.24) is 15.3 Å². The van der Waals surface area contributed by atoms with Crippen molar-refractivity contribution in [2.75, 3.05) is 6.54 Å². The normalized spacial score (nSPS) is 17.9. The van der Waals surface area contributed by atoms with Crippen LogP contribution in [0.3, 0.4) is 0 Å². The van der Waals surface area contributed by atoms with Gasteiger partial charge in [-0.25, -0.2) is 13.8 Å². The number of benzene rings is 2. The standard InChI is InChI=1S/C16H13F2N3/c17-11-7-13-14(8-12(11)18)21-16(20-13)15-10-4-2-1-3-9(10)5-6-19-15/h1-4,7-8,15,19H,5-6H2,(H,20,21). The van der Waals surface area contributed by atoms with Gasteiger partial charge in [-0.05, 0) is 17.5 Å². The van der Waals surface area contributed by atoms with Crippen molar-refractivity contribution in [2.24, 2.45) is 0 Å². The van der Waals surface area contributed by atoms with Crippen LogP contribution in [0.5, 0.6) is 0 Å². The van der Waals surface area contributed by atoms with Gasteiger partial charge in [0.05, 0.1) is 17.1 Å². The molecule has 0 amide bonds. The van der Waals surface area contributed by atoms with Crippen LogP contribution in [0.1, 0.15) is 23.0 Å². The minimum Gasteiger partial charge on any atom is -0.340 e. The van der Waals surface area contributed by atoms with Crippen LogP contribution >= 0.6 is 0 Å². The van der Waals surface area contributed by atoms with E-state index in [1.165, 1.54) is 5.56 Å². The Hall–Kier alpha value is -2.27. The second-order valence-electron chi connectivity index (χ2n) is 5.24. The van der Waals surface area contributed by atoms with Crippen molar-refractivity contribution in [3.8, 4) is 0 Å². The van der Waals surface area contributed by atoms with Crippen LogP contribution in [0.2, 0.25) is 0 Å². The molecule has 1 aromatic heterocycles. The fourth-order valence-corrected chi connectivity index (χ4v) is 2.91. The first-order chi connectivity index (χ1) is 10.2. The van der Waals surface area contributed by atoms with Crippen molar-refractivity contribution in [1.29, 1.82) is 0 Å². The van der Waals surface area contributed by atoms with Gasteiger partial charge >= 0.3 is 0 Å². The molecule has 4 rings (SSSR count). The SMILES string of the molecule is Fc1cc2nc(C3NCCc4ccccc43)[nH]c2cc1F. The Morgan fingerprint density at radius 3 is 2.81 bits per heavy atom. The molecule has 21 heavy (non-hydrogen) atoms. The second kappa shape index (κ2) is 4.63. The van der Waals surface area contributed by atoms with Gasteiger partial charge in [0.1, 0.15) is 5.82 Å². The van der Waals surface area contributed by atoms with Crippen LogP contribution in [0.4, 0.5) is 8.78 Å². The van der Waals surface area contributed by atoms with Gasteiger partial charge in [-0.3, -0.25) is 0 Å². The zero-order valence-corrected chi connectivity index (χ0v) is 11.2. The highest BCUT2D eigenvalue weighted by atomic mass is 19.2. The lowest BCUT2D eigenvalue weighted by Gasteiger charge is -2.25. The third-order valence-corrected chi connectivity index (χ3v) is 3.92. The molecule has 3 nitrogen and oxygen atoms in total. The van der Waals surface area contributed by atoms with Gasteiger partial charge < -0.3 is 10.3 Å². The monoisotopic (exact) mass is 285 g/mol. The van der Waals surface area contributed by atoms with Gasteiger partial charge in [-0.2, -0.15) is 0 Å². The summed E-state index contributed by atoms with van der Waals surface area (Å²) < 4.78 is 26.6. The summed E-state index contributed by atoms with van der Waals surface area (Å²) in [5.41, 5.74) is 3.38. The van der Waals surface area contributed by atoms with Crippen molar-refractivity contribution >= 4 is 11.0 Å². The molecule has 2 heterocycles. The van der Waals surface area contributed by atoms with Crippen LogP contribution in [-0.2, 0) is 6.42 Å². The third-order valence-electron chi connectivity index (χ3n) is 3.92. The quantitative estimate of drug-likeness (QED) is 0.721. The van der Waals surface area contributed by atoms with E-state index >= 15 is 0 Å². The number of hydrogen-bond donors (Lipinski definition) is 2. The molecule has 0 aliphatic carbocycles. The fourth-order valence-electron chi connectivity index (χ4n) is 2.91. The number of fused-ring (bicyclic) bond motifs is 2. The van der Waals surface area contributed by atoms with Gasteiger partial charge in [-0.1, -0.05) is 24.3 Å². The van der Waals surface area contributed by atoms with Gasteiger partial charge in [0.15, 0.2) is 11.6 Å². The van der Waals surface area contributed by atoms with Crippen molar-refractivity contribution < 1.29 is 8.78 Å². The van der Waals surface area contributed by atoms with Gasteiger partial charge in [0.2, 0.25) is 0 Å². The average Bonchev–Trinajstić information content (AvgIpc) is 2.90. The van der Waals surface area contributed by atoms with E-state index in [9.17, 15) is 8.78 Å². The number of nitrogens with one attached hydrogen (secondary N) is 2. The molecule has 5 heteroatoms. The topological polar surface area (TPSA) is 40.7 Å². The van der Waals surface area contributed by atoms with Gasteiger partial charge in [0, 0.05) is 18.7 Å². The number of nitrogens with zero attached hydrogens (tertiary/aromatic N) is 1. The molecule has 0 saturated heterocycles. The highest BCUT2D eigenvalue weighted by Gasteiger charge is 2.23. The summed E-state index contributed by atoms with van der Waals surface area (Å²) in [6.07, 6.45) is 0.968. The number of imidazole rings is 1. The molecule has 0 saturated carbocycles. The maximum atomic E-state index is 13.3. The smallest absolute Gasteiger partial charge is 0.161 e. The fraction of sp³-hybridized carbons (Fsp3) is 0.188. The van der Waals surface area contributed by atoms with E-state index in [2.05, 4.69) is 27.4 Å². The number of aromatic amines is 1. The molecule has 0 bridgehead atoms. The zero-order chi connectivity index (χ0) is 14.4. The Kier molecular flexibility index (Phi) is 2.75. The largest absolute Gasteiger partial charge is 0.340 e. The Bertz CT molecular complexity index is 787. The van der Waals surface area contributed by atoms with Crippen LogP contribution in [-0.4, -0.2) is 16.5 Å². The van der Waals surface area contributed by atoms with Crippen molar-refractivity contribution in [2.45, 2.75) is 12.5 Å². The molecular weight excluding hydrogens is 272 g/mol. The molecule has 0 fully saturated rings. The summed E-state index contributed by atoms with van der Waals surface area (Å²) in [5.74, 6) is -1.06. The van der Waals surface area contributed by atoms with E-state index in [-0.39, 0.29) is 6.04 Å². The zero-order valence-electron chi connectivity index (χ0n) is 11.2. The summed E-state index contributed by atoms with van der Waals surface area (Å²) in [7, 11) is 0. The van der Waals surface area contributed by atoms with E-state index in [0.717, 1.165) is 30.7 Å². The Morgan fingerprint density at radius 2 is 1.90 bits per heavy atom. The van der Waals surface area contributed by atoms with Crippen LogP contribution < -0.4 is 5.32 Å². The molecule has 106 valence electrons. The molecule has 1 aliphatic rings. The highest BCUT2D eigenvalue weighted by Crippen LogP contribution is 2.28. The molecule has 0 radical (unpaired) electrons. The molecule has 3 aromatic rings. The summed E-state index contributed by atoms with van der Waals surface area (Å²) >= 11 is 0. The van der Waals surface area contributed by atoms with E-state index in [1.54, 1.807) is 0 Å². The first-order valence-electron chi connectivity index (χ1n) is 6.88. The van der Waals surface area contributed by atoms with Gasteiger partial charge in [0.25, 0.3) is 0 Å². The maximum Gasteiger partial charge on any atom is 0.161 e. The Balaban J connectivity index is 1.84. The van der Waals surface area contributed by atoms with Gasteiger partial charge in [-0.15, -0.1) is 0 Å². The van der Waals surface area contributed by atoms with Crippen molar-refractivity contribution in [3.05, 3.63) is 65.0 Å². The summed E-state index contributed by atoms with van der Waals surface area (Å²) in [6, 6.07) is 10.4. The molecule has 2 aromatic carbocycles. The molecular formula is C16H13F2N3. The average molecular weight is 285 g/mol. The second-order valence-corrected chi connectivity index (χ2v) is 5.24. The van der Waals surface area contributed by atoms with Crippen LogP contribution in [0, 0.1) is 11.6 Å². The predicted octanol–water partition coefficient (Wildman–Crippen LogP) is 3.08. The number of hydrogen-bond acceptors (Lipinski definition) is 2.